The first kappa shape index (κ1) is 11.7. The lowest BCUT2D eigenvalue weighted by Gasteiger charge is -2.17. The van der Waals surface area contributed by atoms with Crippen LogP contribution in [0, 0.1) is 19.8 Å². The van der Waals surface area contributed by atoms with Crippen molar-refractivity contribution in [2.24, 2.45) is 5.92 Å². The summed E-state index contributed by atoms with van der Waals surface area (Å²) in [4.78, 5) is 15.4. The molecule has 0 saturated carbocycles. The standard InChI is InChI=1S/C12H17NO2/c1-7(2)10(12(14)15)11-9(4)5-8(3)6-13-11/h5-7,10H,1-4H3,(H,14,15). The third-order valence-electron chi connectivity index (χ3n) is 2.48. The number of hydrogen-bond donors (Lipinski definition) is 1. The Morgan fingerprint density at radius 1 is 1.40 bits per heavy atom. The summed E-state index contributed by atoms with van der Waals surface area (Å²) >= 11 is 0. The number of rotatable bonds is 3. The Hall–Kier alpha value is -1.38. The van der Waals surface area contributed by atoms with Crippen LogP contribution in [0.4, 0.5) is 0 Å². The zero-order valence-corrected chi connectivity index (χ0v) is 9.61. The number of carbonyl (C=O) groups is 1. The fourth-order valence-electron chi connectivity index (χ4n) is 1.77. The predicted molar refractivity (Wildman–Crippen MR) is 58.9 cm³/mol. The van der Waals surface area contributed by atoms with Gasteiger partial charge in [-0.05, 0) is 30.9 Å². The lowest BCUT2D eigenvalue weighted by Crippen LogP contribution is -2.19. The summed E-state index contributed by atoms with van der Waals surface area (Å²) in [6.45, 7) is 7.67. The van der Waals surface area contributed by atoms with Gasteiger partial charge in [0.1, 0.15) is 5.92 Å². The normalized spacial score (nSPS) is 12.9. The molecule has 1 rings (SSSR count). The molecule has 1 N–H and O–H groups in total. The smallest absolute Gasteiger partial charge is 0.312 e. The van der Waals surface area contributed by atoms with Crippen molar-refractivity contribution < 1.29 is 9.90 Å². The number of aromatic nitrogens is 1. The molecule has 0 amide bonds. The number of hydrogen-bond acceptors (Lipinski definition) is 2. The summed E-state index contributed by atoms with van der Waals surface area (Å²) in [6, 6.07) is 1.97. The van der Waals surface area contributed by atoms with Crippen LogP contribution in [0.2, 0.25) is 0 Å². The molecule has 0 radical (unpaired) electrons. The van der Waals surface area contributed by atoms with Crippen molar-refractivity contribution >= 4 is 5.97 Å². The van der Waals surface area contributed by atoms with Gasteiger partial charge in [-0.3, -0.25) is 9.78 Å². The van der Waals surface area contributed by atoms with Gasteiger partial charge in [0.25, 0.3) is 0 Å². The van der Waals surface area contributed by atoms with Crippen LogP contribution in [0.3, 0.4) is 0 Å². The Morgan fingerprint density at radius 3 is 2.40 bits per heavy atom. The van der Waals surface area contributed by atoms with Gasteiger partial charge >= 0.3 is 5.97 Å². The van der Waals surface area contributed by atoms with Crippen molar-refractivity contribution in [2.45, 2.75) is 33.6 Å². The van der Waals surface area contributed by atoms with E-state index < -0.39 is 11.9 Å². The lowest BCUT2D eigenvalue weighted by molar-refractivity contribution is -0.140. The first-order valence-electron chi connectivity index (χ1n) is 5.09. The molecule has 0 fully saturated rings. The highest BCUT2D eigenvalue weighted by molar-refractivity contribution is 5.76. The Balaban J connectivity index is 3.17. The number of nitrogens with zero attached hydrogens (tertiary/aromatic N) is 1. The molecule has 0 aromatic carbocycles. The van der Waals surface area contributed by atoms with Crippen molar-refractivity contribution in [2.75, 3.05) is 0 Å². The van der Waals surface area contributed by atoms with E-state index in [9.17, 15) is 4.79 Å². The van der Waals surface area contributed by atoms with Gasteiger partial charge in [0.05, 0.1) is 5.69 Å². The third kappa shape index (κ3) is 2.55. The minimum atomic E-state index is -0.801. The molecule has 1 unspecified atom stereocenters. The zero-order valence-electron chi connectivity index (χ0n) is 9.61. The summed E-state index contributed by atoms with van der Waals surface area (Å²) in [5.41, 5.74) is 2.70. The van der Waals surface area contributed by atoms with Crippen LogP contribution in [0.25, 0.3) is 0 Å². The predicted octanol–water partition coefficient (Wildman–Crippen LogP) is 2.52. The lowest BCUT2D eigenvalue weighted by atomic mass is 9.89. The second kappa shape index (κ2) is 4.43. The Morgan fingerprint density at radius 2 is 2.00 bits per heavy atom. The second-order valence-electron chi connectivity index (χ2n) is 4.27. The van der Waals surface area contributed by atoms with Gasteiger partial charge < -0.3 is 5.11 Å². The molecular formula is C12H17NO2. The van der Waals surface area contributed by atoms with Gasteiger partial charge in [0.15, 0.2) is 0 Å². The van der Waals surface area contributed by atoms with Gasteiger partial charge in [-0.2, -0.15) is 0 Å². The van der Waals surface area contributed by atoms with E-state index in [0.29, 0.717) is 5.69 Å². The highest BCUT2D eigenvalue weighted by atomic mass is 16.4. The molecule has 15 heavy (non-hydrogen) atoms. The zero-order chi connectivity index (χ0) is 11.6. The first-order chi connectivity index (χ1) is 6.93. The summed E-state index contributed by atoms with van der Waals surface area (Å²) in [5, 5.41) is 9.15. The van der Waals surface area contributed by atoms with Crippen LogP contribution >= 0.6 is 0 Å². The fourth-order valence-corrected chi connectivity index (χ4v) is 1.77. The molecule has 1 atom stereocenters. The first-order valence-corrected chi connectivity index (χ1v) is 5.09. The van der Waals surface area contributed by atoms with Gasteiger partial charge in [0.2, 0.25) is 0 Å². The van der Waals surface area contributed by atoms with E-state index >= 15 is 0 Å². The number of aliphatic carboxylic acids is 1. The highest BCUT2D eigenvalue weighted by Gasteiger charge is 2.26. The Kier molecular flexibility index (Phi) is 3.45. The molecule has 0 saturated heterocycles. The largest absolute Gasteiger partial charge is 0.481 e. The average Bonchev–Trinajstić information content (AvgIpc) is 2.08. The summed E-state index contributed by atoms with van der Waals surface area (Å²) in [7, 11) is 0. The van der Waals surface area contributed by atoms with Crippen LogP contribution in [0.1, 0.15) is 36.6 Å². The molecule has 3 nitrogen and oxygen atoms in total. The molecule has 1 aromatic rings. The van der Waals surface area contributed by atoms with E-state index in [2.05, 4.69) is 4.98 Å². The van der Waals surface area contributed by atoms with Crippen molar-refractivity contribution in [3.63, 3.8) is 0 Å². The van der Waals surface area contributed by atoms with Gasteiger partial charge in [0, 0.05) is 6.20 Å². The van der Waals surface area contributed by atoms with Gasteiger partial charge in [-0.1, -0.05) is 19.9 Å². The average molecular weight is 207 g/mol. The van der Waals surface area contributed by atoms with Crippen LogP contribution < -0.4 is 0 Å². The van der Waals surface area contributed by atoms with E-state index in [1.54, 1.807) is 6.20 Å². The summed E-state index contributed by atoms with van der Waals surface area (Å²) in [5.74, 6) is -1.26. The van der Waals surface area contributed by atoms with Gasteiger partial charge in [-0.15, -0.1) is 0 Å². The molecule has 0 bridgehead atoms. The van der Waals surface area contributed by atoms with Crippen molar-refractivity contribution in [3.05, 3.63) is 29.1 Å². The van der Waals surface area contributed by atoms with Crippen molar-refractivity contribution in [1.82, 2.24) is 4.98 Å². The van der Waals surface area contributed by atoms with E-state index in [4.69, 9.17) is 5.11 Å². The number of pyridine rings is 1. The molecule has 1 heterocycles. The maximum absolute atomic E-state index is 11.1. The maximum atomic E-state index is 11.1. The molecule has 3 heteroatoms. The molecule has 82 valence electrons. The van der Waals surface area contributed by atoms with Crippen LogP contribution in [0.5, 0.6) is 0 Å². The molecule has 1 aromatic heterocycles. The SMILES string of the molecule is Cc1cnc(C(C(=O)O)C(C)C)c(C)c1. The Bertz CT molecular complexity index is 372. The Labute approximate surface area is 90.2 Å². The van der Waals surface area contributed by atoms with Crippen molar-refractivity contribution in [3.8, 4) is 0 Å². The third-order valence-corrected chi connectivity index (χ3v) is 2.48. The molecule has 0 aliphatic carbocycles. The van der Waals surface area contributed by atoms with E-state index in [1.165, 1.54) is 0 Å². The van der Waals surface area contributed by atoms with Crippen LogP contribution in [-0.4, -0.2) is 16.1 Å². The maximum Gasteiger partial charge on any atom is 0.312 e. The van der Waals surface area contributed by atoms with Crippen molar-refractivity contribution in [1.29, 1.82) is 0 Å². The number of aryl methyl sites for hydroxylation is 2. The van der Waals surface area contributed by atoms with Crippen LogP contribution in [-0.2, 0) is 4.79 Å². The van der Waals surface area contributed by atoms with E-state index in [-0.39, 0.29) is 5.92 Å². The number of carboxylic acids is 1. The highest BCUT2D eigenvalue weighted by Crippen LogP contribution is 2.25. The van der Waals surface area contributed by atoms with Crippen LogP contribution in [0.15, 0.2) is 12.3 Å². The number of carboxylic acid groups (broad SMARTS) is 1. The molecule has 0 aliphatic rings. The monoisotopic (exact) mass is 207 g/mol. The van der Waals surface area contributed by atoms with E-state index in [1.807, 2.05) is 33.8 Å². The topological polar surface area (TPSA) is 50.2 Å². The second-order valence-corrected chi connectivity index (χ2v) is 4.27. The summed E-state index contributed by atoms with van der Waals surface area (Å²) < 4.78 is 0. The fraction of sp³-hybridized carbons (Fsp3) is 0.500. The minimum absolute atomic E-state index is 0.0522. The van der Waals surface area contributed by atoms with E-state index in [0.717, 1.165) is 11.1 Å². The molecular weight excluding hydrogens is 190 g/mol. The quantitative estimate of drug-likeness (QED) is 0.828. The minimum Gasteiger partial charge on any atom is -0.481 e. The van der Waals surface area contributed by atoms with Gasteiger partial charge in [-0.25, -0.2) is 0 Å². The molecule has 0 spiro atoms. The summed E-state index contributed by atoms with van der Waals surface area (Å²) in [6.07, 6.45) is 1.72. The molecule has 0 aliphatic heterocycles.